The number of aliphatic hydroxyl groups excluding tert-OH is 1. The Hall–Kier alpha value is -0.550. The van der Waals surface area contributed by atoms with E-state index >= 15 is 0 Å². The van der Waals surface area contributed by atoms with Gasteiger partial charge in [-0.2, -0.15) is 0 Å². The van der Waals surface area contributed by atoms with Gasteiger partial charge in [0.15, 0.2) is 0 Å². The number of hydrogen-bond donors (Lipinski definition) is 1. The summed E-state index contributed by atoms with van der Waals surface area (Å²) >= 11 is 3.09. The zero-order valence-electron chi connectivity index (χ0n) is 7.05. The Morgan fingerprint density at radius 1 is 1.36 bits per heavy atom. The van der Waals surface area contributed by atoms with Crippen LogP contribution in [0.25, 0.3) is 0 Å². The fourth-order valence-electron chi connectivity index (χ4n) is 1.01. The molecule has 1 N–H and O–H groups in total. The van der Waals surface area contributed by atoms with E-state index in [9.17, 15) is 13.2 Å². The lowest BCUT2D eigenvalue weighted by atomic mass is 10.1. The van der Waals surface area contributed by atoms with Crippen LogP contribution < -0.4 is 0 Å². The van der Waals surface area contributed by atoms with Gasteiger partial charge in [0.1, 0.15) is 11.9 Å². The van der Waals surface area contributed by atoms with Gasteiger partial charge >= 0.3 is 0 Å². The van der Waals surface area contributed by atoms with E-state index in [-0.39, 0.29) is 6.42 Å². The smallest absolute Gasteiger partial charge is 0.264 e. The van der Waals surface area contributed by atoms with Crippen molar-refractivity contribution in [3.8, 4) is 0 Å². The van der Waals surface area contributed by atoms with Crippen molar-refractivity contribution >= 4 is 15.9 Å². The zero-order chi connectivity index (χ0) is 10.7. The molecule has 0 aromatic heterocycles. The highest BCUT2D eigenvalue weighted by molar-refractivity contribution is 9.10. The molecule has 1 atom stereocenters. The van der Waals surface area contributed by atoms with Crippen LogP contribution in [0, 0.1) is 5.82 Å². The molecule has 1 unspecified atom stereocenters. The van der Waals surface area contributed by atoms with Gasteiger partial charge in [-0.3, -0.25) is 0 Å². The van der Waals surface area contributed by atoms with Crippen molar-refractivity contribution in [2.24, 2.45) is 0 Å². The molecule has 0 amide bonds. The molecule has 0 spiro atoms. The van der Waals surface area contributed by atoms with Gasteiger partial charge in [0, 0.05) is 10.9 Å². The molecule has 1 aromatic carbocycles. The van der Waals surface area contributed by atoms with E-state index in [1.54, 1.807) is 0 Å². The topological polar surface area (TPSA) is 20.2 Å². The van der Waals surface area contributed by atoms with Crippen molar-refractivity contribution in [3.63, 3.8) is 0 Å². The molecule has 0 heterocycles. The van der Waals surface area contributed by atoms with Crippen LogP contribution >= 0.6 is 15.9 Å². The predicted molar refractivity (Wildman–Crippen MR) is 49.8 cm³/mol. The summed E-state index contributed by atoms with van der Waals surface area (Å²) < 4.78 is 37.2. The highest BCUT2D eigenvalue weighted by Crippen LogP contribution is 2.20. The van der Waals surface area contributed by atoms with Gasteiger partial charge in [-0.15, -0.1) is 0 Å². The van der Waals surface area contributed by atoms with E-state index in [1.165, 1.54) is 12.1 Å². The standard InChI is InChI=1S/C9H8BrF3O/c10-7-2-1-6(11)3-5(7)4-8(14)9(12)13/h1-3,8-9,14H,4H2. The van der Waals surface area contributed by atoms with E-state index < -0.39 is 18.3 Å². The molecule has 1 aromatic rings. The average Bonchev–Trinajstić information content (AvgIpc) is 2.11. The van der Waals surface area contributed by atoms with Crippen LogP contribution in [0.5, 0.6) is 0 Å². The first-order valence-electron chi connectivity index (χ1n) is 3.91. The van der Waals surface area contributed by atoms with E-state index in [2.05, 4.69) is 15.9 Å². The number of rotatable bonds is 3. The highest BCUT2D eigenvalue weighted by Gasteiger charge is 2.18. The minimum Gasteiger partial charge on any atom is -0.387 e. The molecule has 1 rings (SSSR count). The normalized spacial score (nSPS) is 13.3. The average molecular weight is 269 g/mol. The lowest BCUT2D eigenvalue weighted by Crippen LogP contribution is -2.20. The highest BCUT2D eigenvalue weighted by atomic mass is 79.9. The second kappa shape index (κ2) is 4.79. The molecular formula is C9H8BrF3O. The number of alkyl halides is 2. The van der Waals surface area contributed by atoms with Crippen molar-refractivity contribution in [3.05, 3.63) is 34.1 Å². The lowest BCUT2D eigenvalue weighted by Gasteiger charge is -2.10. The Morgan fingerprint density at radius 2 is 2.00 bits per heavy atom. The van der Waals surface area contributed by atoms with Crippen LogP contribution in [0.2, 0.25) is 0 Å². The molecule has 0 aliphatic rings. The first kappa shape index (κ1) is 11.5. The predicted octanol–water partition coefficient (Wildman–Crippen LogP) is 2.76. The van der Waals surface area contributed by atoms with Crippen LogP contribution in [0.1, 0.15) is 5.56 Å². The summed E-state index contributed by atoms with van der Waals surface area (Å²) in [6.07, 6.45) is -4.84. The first-order valence-corrected chi connectivity index (χ1v) is 4.70. The van der Waals surface area contributed by atoms with Gasteiger partial charge in [0.05, 0.1) is 0 Å². The molecular weight excluding hydrogens is 261 g/mol. The fourth-order valence-corrected chi connectivity index (χ4v) is 1.42. The second-order valence-corrected chi connectivity index (χ2v) is 3.70. The van der Waals surface area contributed by atoms with Crippen LogP contribution in [0.4, 0.5) is 13.2 Å². The van der Waals surface area contributed by atoms with E-state index in [1.807, 2.05) is 0 Å². The maximum absolute atomic E-state index is 12.7. The van der Waals surface area contributed by atoms with Crippen molar-refractivity contribution in [2.75, 3.05) is 0 Å². The Bertz CT molecular complexity index is 317. The third kappa shape index (κ3) is 2.99. The summed E-state index contributed by atoms with van der Waals surface area (Å²) in [5.74, 6) is -0.510. The molecule has 0 radical (unpaired) electrons. The van der Waals surface area contributed by atoms with Gasteiger partial charge < -0.3 is 5.11 Å². The molecule has 78 valence electrons. The SMILES string of the molecule is OC(Cc1cc(F)ccc1Br)C(F)F. The maximum Gasteiger partial charge on any atom is 0.264 e. The van der Waals surface area contributed by atoms with Crippen molar-refractivity contribution in [1.29, 1.82) is 0 Å². The number of aliphatic hydroxyl groups is 1. The summed E-state index contributed by atoms with van der Waals surface area (Å²) in [5, 5.41) is 8.90. The number of hydrogen-bond acceptors (Lipinski definition) is 1. The summed E-state index contributed by atoms with van der Waals surface area (Å²) in [7, 11) is 0. The van der Waals surface area contributed by atoms with Crippen LogP contribution in [0.3, 0.4) is 0 Å². The largest absolute Gasteiger partial charge is 0.387 e. The van der Waals surface area contributed by atoms with Gasteiger partial charge in [-0.1, -0.05) is 15.9 Å². The van der Waals surface area contributed by atoms with Crippen molar-refractivity contribution < 1.29 is 18.3 Å². The molecule has 14 heavy (non-hydrogen) atoms. The first-order chi connectivity index (χ1) is 6.50. The lowest BCUT2D eigenvalue weighted by molar-refractivity contribution is -0.00377. The number of benzene rings is 1. The van der Waals surface area contributed by atoms with Gasteiger partial charge in [0.25, 0.3) is 6.43 Å². The summed E-state index contributed by atoms with van der Waals surface area (Å²) in [6.45, 7) is 0. The minimum atomic E-state index is -2.81. The fraction of sp³-hybridized carbons (Fsp3) is 0.333. The Labute approximate surface area is 87.7 Å². The summed E-state index contributed by atoms with van der Waals surface area (Å²) in [4.78, 5) is 0. The van der Waals surface area contributed by atoms with Crippen LogP contribution in [-0.2, 0) is 6.42 Å². The molecule has 0 fully saturated rings. The molecule has 5 heteroatoms. The van der Waals surface area contributed by atoms with Gasteiger partial charge in [0.2, 0.25) is 0 Å². The monoisotopic (exact) mass is 268 g/mol. The Kier molecular flexibility index (Phi) is 3.95. The Balaban J connectivity index is 2.80. The molecule has 0 saturated heterocycles. The molecule has 0 saturated carbocycles. The molecule has 1 nitrogen and oxygen atoms in total. The molecule has 0 bridgehead atoms. The molecule has 0 aliphatic carbocycles. The van der Waals surface area contributed by atoms with Crippen molar-refractivity contribution in [2.45, 2.75) is 19.0 Å². The summed E-state index contributed by atoms with van der Waals surface area (Å²) in [5.41, 5.74) is 0.331. The minimum absolute atomic E-state index is 0.268. The van der Waals surface area contributed by atoms with Crippen molar-refractivity contribution in [1.82, 2.24) is 0 Å². The third-order valence-electron chi connectivity index (χ3n) is 1.73. The summed E-state index contributed by atoms with van der Waals surface area (Å²) in [6, 6.07) is 3.75. The molecule has 0 aliphatic heterocycles. The van der Waals surface area contributed by atoms with E-state index in [0.717, 1.165) is 6.07 Å². The third-order valence-corrected chi connectivity index (χ3v) is 2.50. The quantitative estimate of drug-likeness (QED) is 0.894. The van der Waals surface area contributed by atoms with Crippen LogP contribution in [-0.4, -0.2) is 17.6 Å². The second-order valence-electron chi connectivity index (χ2n) is 2.84. The van der Waals surface area contributed by atoms with Crippen LogP contribution in [0.15, 0.2) is 22.7 Å². The Morgan fingerprint density at radius 3 is 2.57 bits per heavy atom. The van der Waals surface area contributed by atoms with Gasteiger partial charge in [-0.05, 0) is 23.8 Å². The number of halogens is 4. The van der Waals surface area contributed by atoms with E-state index in [0.29, 0.717) is 10.0 Å². The maximum atomic E-state index is 12.7. The van der Waals surface area contributed by atoms with Gasteiger partial charge in [-0.25, -0.2) is 13.2 Å². The van der Waals surface area contributed by atoms with E-state index in [4.69, 9.17) is 5.11 Å². The zero-order valence-corrected chi connectivity index (χ0v) is 8.64.